The second-order valence-corrected chi connectivity index (χ2v) is 17.9. The van der Waals surface area contributed by atoms with Crippen LogP contribution in [-0.4, -0.2) is 73.6 Å². The molecule has 0 radical (unpaired) electrons. The van der Waals surface area contributed by atoms with Crippen molar-refractivity contribution in [3.63, 3.8) is 0 Å². The smallest absolute Gasteiger partial charge is 0.00147 e. The first kappa shape index (κ1) is 41.9. The number of nitrogens with zero attached hydrogens (tertiary/aromatic N) is 3. The number of rotatable bonds is 12. The standard InChI is InChI=1S/2C14H29N.C13H27N/c2*1-11(2)6-8-15-9-7-13(5)14(10-15)12(3)4;1-11(2)7-9-14-8-5-6-13(10-14)12(3)4/h2*11-14H,6-10H2,1-5H3;11-13H,5-10H2,1-4H3/t2*13-,14?;/m10./s1. The fourth-order valence-electron chi connectivity index (χ4n) is 7.64. The van der Waals surface area contributed by atoms with Crippen LogP contribution in [0, 0.1) is 65.1 Å². The lowest BCUT2D eigenvalue weighted by Gasteiger charge is -2.39. The van der Waals surface area contributed by atoms with E-state index in [1.807, 2.05) is 0 Å². The summed E-state index contributed by atoms with van der Waals surface area (Å²) in [5.41, 5.74) is 0. The first-order valence-electron chi connectivity index (χ1n) is 19.8. The second-order valence-electron chi connectivity index (χ2n) is 17.9. The zero-order valence-corrected chi connectivity index (χ0v) is 33.0. The minimum absolute atomic E-state index is 0.849. The average Bonchev–Trinajstić information content (AvgIpc) is 2.95. The molecule has 3 heteroatoms. The number of likely N-dealkylation sites (tertiary alicyclic amines) is 3. The third-order valence-corrected chi connectivity index (χ3v) is 11.5. The molecule has 0 saturated carbocycles. The van der Waals surface area contributed by atoms with Gasteiger partial charge >= 0.3 is 0 Å². The van der Waals surface area contributed by atoms with Crippen molar-refractivity contribution in [2.24, 2.45) is 65.1 Å². The molecule has 0 amide bonds. The fourth-order valence-corrected chi connectivity index (χ4v) is 7.64. The lowest BCUT2D eigenvalue weighted by Crippen LogP contribution is -2.42. The molecule has 3 nitrogen and oxygen atoms in total. The van der Waals surface area contributed by atoms with E-state index in [1.54, 1.807) is 0 Å². The van der Waals surface area contributed by atoms with E-state index >= 15 is 0 Å². The van der Waals surface area contributed by atoms with Crippen LogP contribution in [0.4, 0.5) is 0 Å². The highest BCUT2D eigenvalue weighted by atomic mass is 15.1. The van der Waals surface area contributed by atoms with E-state index in [2.05, 4.69) is 112 Å². The normalized spacial score (nSPS) is 27.7. The highest BCUT2D eigenvalue weighted by Gasteiger charge is 2.29. The van der Waals surface area contributed by atoms with Crippen LogP contribution >= 0.6 is 0 Å². The minimum Gasteiger partial charge on any atom is -0.303 e. The molecule has 3 heterocycles. The molecule has 0 aromatic rings. The Kier molecular flexibility index (Phi) is 21.4. The van der Waals surface area contributed by atoms with Gasteiger partial charge in [-0.1, -0.05) is 96.9 Å². The Morgan fingerprint density at radius 2 is 0.818 bits per heavy atom. The molecule has 5 atom stereocenters. The van der Waals surface area contributed by atoms with Gasteiger partial charge in [-0.15, -0.1) is 0 Å². The van der Waals surface area contributed by atoms with Crippen molar-refractivity contribution in [2.75, 3.05) is 58.9 Å². The first-order chi connectivity index (χ1) is 20.6. The lowest BCUT2D eigenvalue weighted by atomic mass is 9.79. The van der Waals surface area contributed by atoms with E-state index in [4.69, 9.17) is 0 Å². The van der Waals surface area contributed by atoms with Gasteiger partial charge in [0.05, 0.1) is 0 Å². The van der Waals surface area contributed by atoms with E-state index in [9.17, 15) is 0 Å². The summed E-state index contributed by atoms with van der Waals surface area (Å²) in [6, 6.07) is 0. The van der Waals surface area contributed by atoms with E-state index in [0.29, 0.717) is 0 Å². The summed E-state index contributed by atoms with van der Waals surface area (Å²) in [6.07, 6.45) is 9.77. The molecule has 0 bridgehead atoms. The average molecular weight is 620 g/mol. The Labute approximate surface area is 280 Å². The highest BCUT2D eigenvalue weighted by molar-refractivity contribution is 4.81. The summed E-state index contributed by atoms with van der Waals surface area (Å²) in [6.45, 7) is 45.1. The van der Waals surface area contributed by atoms with Gasteiger partial charge in [0.1, 0.15) is 0 Å². The van der Waals surface area contributed by atoms with E-state index in [0.717, 1.165) is 65.1 Å². The Morgan fingerprint density at radius 3 is 1.14 bits per heavy atom. The predicted molar refractivity (Wildman–Crippen MR) is 199 cm³/mol. The number of hydrogen-bond acceptors (Lipinski definition) is 3. The minimum atomic E-state index is 0.849. The van der Waals surface area contributed by atoms with Gasteiger partial charge in [0.25, 0.3) is 0 Å². The molecule has 3 saturated heterocycles. The quantitative estimate of drug-likeness (QED) is 0.215. The van der Waals surface area contributed by atoms with Crippen molar-refractivity contribution in [1.29, 1.82) is 0 Å². The van der Waals surface area contributed by atoms with Crippen LogP contribution in [0.5, 0.6) is 0 Å². The van der Waals surface area contributed by atoms with Crippen molar-refractivity contribution in [1.82, 2.24) is 14.7 Å². The molecule has 3 rings (SSSR count). The van der Waals surface area contributed by atoms with E-state index < -0.39 is 0 Å². The third kappa shape index (κ3) is 17.7. The summed E-state index contributed by atoms with van der Waals surface area (Å²) >= 11 is 0. The summed E-state index contributed by atoms with van der Waals surface area (Å²) in [4.78, 5) is 8.05. The fraction of sp³-hybridized carbons (Fsp3) is 1.00. The van der Waals surface area contributed by atoms with Gasteiger partial charge < -0.3 is 14.7 Å². The molecule has 3 aliphatic heterocycles. The molecule has 0 N–H and O–H groups in total. The molecule has 0 spiro atoms. The molecular weight excluding hydrogens is 534 g/mol. The molecule has 3 unspecified atom stereocenters. The van der Waals surface area contributed by atoms with Crippen molar-refractivity contribution in [3.8, 4) is 0 Å². The van der Waals surface area contributed by atoms with Crippen LogP contribution in [0.1, 0.15) is 142 Å². The maximum atomic E-state index is 2.69. The Balaban J connectivity index is 0.000000330. The zero-order chi connectivity index (χ0) is 33.4. The number of piperidine rings is 3. The van der Waals surface area contributed by atoms with Gasteiger partial charge in [-0.25, -0.2) is 0 Å². The lowest BCUT2D eigenvalue weighted by molar-refractivity contribution is 0.0943. The Bertz CT molecular complexity index is 643. The molecule has 0 aromatic heterocycles. The summed E-state index contributed by atoms with van der Waals surface area (Å²) < 4.78 is 0. The molecular formula is C41H85N3. The molecule has 0 aromatic carbocycles. The SMILES string of the molecule is CC(C)CCN1CCCC(C(C)C)C1.CC(C)CCN1CC[C@@H](C)C(C(C)C)C1.CC(C)CCN1CC[C@H](C)C(C(C)C)C1. The topological polar surface area (TPSA) is 9.72 Å². The van der Waals surface area contributed by atoms with Crippen LogP contribution in [0.25, 0.3) is 0 Å². The van der Waals surface area contributed by atoms with Crippen LogP contribution in [0.15, 0.2) is 0 Å². The molecule has 264 valence electrons. The second kappa shape index (κ2) is 22.4. The van der Waals surface area contributed by atoms with Gasteiger partial charge in [-0.2, -0.15) is 0 Å². The van der Waals surface area contributed by atoms with Crippen molar-refractivity contribution in [2.45, 2.75) is 142 Å². The highest BCUT2D eigenvalue weighted by Crippen LogP contribution is 2.30. The van der Waals surface area contributed by atoms with Gasteiger partial charge in [0.2, 0.25) is 0 Å². The monoisotopic (exact) mass is 620 g/mol. The van der Waals surface area contributed by atoms with Crippen LogP contribution in [0.3, 0.4) is 0 Å². The van der Waals surface area contributed by atoms with Crippen LogP contribution in [-0.2, 0) is 0 Å². The van der Waals surface area contributed by atoms with Gasteiger partial charge in [0, 0.05) is 19.6 Å². The van der Waals surface area contributed by atoms with Crippen molar-refractivity contribution in [3.05, 3.63) is 0 Å². The third-order valence-electron chi connectivity index (χ3n) is 11.5. The van der Waals surface area contributed by atoms with Crippen molar-refractivity contribution < 1.29 is 0 Å². The first-order valence-corrected chi connectivity index (χ1v) is 19.8. The number of hydrogen-bond donors (Lipinski definition) is 0. The van der Waals surface area contributed by atoms with Gasteiger partial charge in [0.15, 0.2) is 0 Å². The maximum absolute atomic E-state index is 2.69. The largest absolute Gasteiger partial charge is 0.303 e. The summed E-state index contributed by atoms with van der Waals surface area (Å²) in [7, 11) is 0. The Hall–Kier alpha value is -0.120. The van der Waals surface area contributed by atoms with Crippen LogP contribution < -0.4 is 0 Å². The molecule has 3 fully saturated rings. The van der Waals surface area contributed by atoms with Crippen LogP contribution in [0.2, 0.25) is 0 Å². The zero-order valence-electron chi connectivity index (χ0n) is 33.0. The van der Waals surface area contributed by atoms with E-state index in [1.165, 1.54) is 104 Å². The van der Waals surface area contributed by atoms with Gasteiger partial charge in [-0.3, -0.25) is 0 Å². The molecule has 3 aliphatic rings. The van der Waals surface area contributed by atoms with Gasteiger partial charge in [-0.05, 0) is 149 Å². The predicted octanol–water partition coefficient (Wildman–Crippen LogP) is 10.7. The Morgan fingerprint density at radius 1 is 0.455 bits per heavy atom. The summed E-state index contributed by atoms with van der Waals surface area (Å²) in [5, 5.41) is 0. The molecule has 44 heavy (non-hydrogen) atoms. The van der Waals surface area contributed by atoms with Crippen molar-refractivity contribution >= 4 is 0 Å². The maximum Gasteiger partial charge on any atom is 0.00147 e. The molecule has 0 aliphatic carbocycles. The van der Waals surface area contributed by atoms with E-state index in [-0.39, 0.29) is 0 Å². The summed E-state index contributed by atoms with van der Waals surface area (Å²) in [5.74, 6) is 9.78.